The summed E-state index contributed by atoms with van der Waals surface area (Å²) in [6, 6.07) is 16.3. The molecule has 3 heteroatoms. The number of hydrogen-bond donors (Lipinski definition) is 1. The van der Waals surface area contributed by atoms with Crippen LogP contribution in [0.15, 0.2) is 54.6 Å². The molecular weight excluding hydrogens is 253 g/mol. The van der Waals surface area contributed by atoms with Gasteiger partial charge >= 0.3 is 0 Å². The lowest BCUT2D eigenvalue weighted by Crippen LogP contribution is -2.24. The monoisotopic (exact) mass is 271 g/mol. The summed E-state index contributed by atoms with van der Waals surface area (Å²) in [5.41, 5.74) is 2.11. The van der Waals surface area contributed by atoms with Gasteiger partial charge < -0.3 is 10.1 Å². The molecule has 2 aromatic rings. The zero-order chi connectivity index (χ0) is 14.2. The molecule has 2 nitrogen and oxygen atoms in total. The van der Waals surface area contributed by atoms with Gasteiger partial charge in [0.2, 0.25) is 0 Å². The Balaban J connectivity index is 1.79. The Bertz CT molecular complexity index is 524. The quantitative estimate of drug-likeness (QED) is 0.619. The third-order valence-corrected chi connectivity index (χ3v) is 3.26. The van der Waals surface area contributed by atoms with Gasteiger partial charge in [0.25, 0.3) is 0 Å². The summed E-state index contributed by atoms with van der Waals surface area (Å²) in [4.78, 5) is 11.1. The number of rotatable bonds is 7. The SMILES string of the molecule is O=CC(CNCCc1ccccc1)c1ccc(F)cc1. The maximum absolute atomic E-state index is 12.8. The van der Waals surface area contributed by atoms with E-state index in [9.17, 15) is 9.18 Å². The zero-order valence-corrected chi connectivity index (χ0v) is 11.3. The first kappa shape index (κ1) is 14.4. The minimum atomic E-state index is -0.282. The van der Waals surface area contributed by atoms with Crippen LogP contribution in [-0.4, -0.2) is 19.4 Å². The standard InChI is InChI=1S/C17H18FNO/c18-17-8-6-15(7-9-17)16(13-20)12-19-11-10-14-4-2-1-3-5-14/h1-9,13,16,19H,10-12H2. The molecule has 2 aromatic carbocycles. The molecule has 0 aliphatic heterocycles. The second-order valence-corrected chi connectivity index (χ2v) is 4.73. The van der Waals surface area contributed by atoms with E-state index < -0.39 is 0 Å². The summed E-state index contributed by atoms with van der Waals surface area (Å²) in [5, 5.41) is 3.27. The molecule has 0 amide bonds. The zero-order valence-electron chi connectivity index (χ0n) is 11.3. The van der Waals surface area contributed by atoms with E-state index in [4.69, 9.17) is 0 Å². The highest BCUT2D eigenvalue weighted by atomic mass is 19.1. The number of nitrogens with one attached hydrogen (secondary N) is 1. The van der Waals surface area contributed by atoms with Crippen LogP contribution in [0.2, 0.25) is 0 Å². The van der Waals surface area contributed by atoms with Crippen molar-refractivity contribution in [1.29, 1.82) is 0 Å². The van der Waals surface area contributed by atoms with E-state index >= 15 is 0 Å². The molecule has 20 heavy (non-hydrogen) atoms. The van der Waals surface area contributed by atoms with E-state index in [2.05, 4.69) is 17.4 Å². The maximum Gasteiger partial charge on any atom is 0.128 e. The van der Waals surface area contributed by atoms with E-state index in [1.165, 1.54) is 17.7 Å². The third kappa shape index (κ3) is 4.28. The van der Waals surface area contributed by atoms with Gasteiger partial charge in [0.1, 0.15) is 12.1 Å². The Morgan fingerprint density at radius 2 is 1.75 bits per heavy atom. The molecule has 0 aromatic heterocycles. The van der Waals surface area contributed by atoms with Crippen LogP contribution in [0.1, 0.15) is 17.0 Å². The van der Waals surface area contributed by atoms with E-state index in [-0.39, 0.29) is 11.7 Å². The van der Waals surface area contributed by atoms with Gasteiger partial charge in [-0.15, -0.1) is 0 Å². The predicted octanol–water partition coefficient (Wildman–Crippen LogP) is 2.94. The molecule has 1 atom stereocenters. The predicted molar refractivity (Wildman–Crippen MR) is 78.2 cm³/mol. The summed E-state index contributed by atoms with van der Waals surface area (Å²) < 4.78 is 12.8. The van der Waals surface area contributed by atoms with Gasteiger partial charge in [-0.25, -0.2) is 4.39 Å². The van der Waals surface area contributed by atoms with Crippen LogP contribution in [-0.2, 0) is 11.2 Å². The van der Waals surface area contributed by atoms with Crippen LogP contribution in [0.4, 0.5) is 4.39 Å². The highest BCUT2D eigenvalue weighted by Gasteiger charge is 2.09. The molecule has 1 N–H and O–H groups in total. The van der Waals surface area contributed by atoms with Crippen LogP contribution in [0.3, 0.4) is 0 Å². The Morgan fingerprint density at radius 1 is 1.05 bits per heavy atom. The smallest absolute Gasteiger partial charge is 0.128 e. The lowest BCUT2D eigenvalue weighted by atomic mass is 10.0. The molecule has 2 rings (SSSR count). The van der Waals surface area contributed by atoms with Crippen LogP contribution < -0.4 is 5.32 Å². The molecule has 1 unspecified atom stereocenters. The van der Waals surface area contributed by atoms with E-state index in [1.807, 2.05) is 18.2 Å². The highest BCUT2D eigenvalue weighted by Crippen LogP contribution is 2.13. The van der Waals surface area contributed by atoms with Crippen molar-refractivity contribution in [3.05, 3.63) is 71.5 Å². The van der Waals surface area contributed by atoms with E-state index in [0.29, 0.717) is 6.54 Å². The number of hydrogen-bond acceptors (Lipinski definition) is 2. The average molecular weight is 271 g/mol. The molecule has 0 fully saturated rings. The van der Waals surface area contributed by atoms with Gasteiger partial charge in [-0.3, -0.25) is 0 Å². The molecule has 0 saturated heterocycles. The van der Waals surface area contributed by atoms with E-state index in [0.717, 1.165) is 24.8 Å². The second kappa shape index (κ2) is 7.56. The Labute approximate surface area is 118 Å². The Hall–Kier alpha value is -2.00. The summed E-state index contributed by atoms with van der Waals surface area (Å²) in [5.74, 6) is -0.512. The number of halogens is 1. The third-order valence-electron chi connectivity index (χ3n) is 3.26. The normalized spacial score (nSPS) is 12.1. The lowest BCUT2D eigenvalue weighted by molar-refractivity contribution is -0.109. The van der Waals surface area contributed by atoms with Gasteiger partial charge in [-0.1, -0.05) is 42.5 Å². The number of aldehydes is 1. The largest absolute Gasteiger partial charge is 0.315 e. The fourth-order valence-electron chi connectivity index (χ4n) is 2.09. The number of carbonyl (C=O) groups excluding carboxylic acids is 1. The van der Waals surface area contributed by atoms with Gasteiger partial charge in [-0.2, -0.15) is 0 Å². The van der Waals surface area contributed by atoms with Crippen molar-refractivity contribution in [2.24, 2.45) is 0 Å². The molecule has 0 bridgehead atoms. The summed E-state index contributed by atoms with van der Waals surface area (Å²) in [7, 11) is 0. The van der Waals surface area contributed by atoms with E-state index in [1.54, 1.807) is 12.1 Å². The molecule has 0 radical (unpaired) electrons. The van der Waals surface area contributed by atoms with Gasteiger partial charge in [0, 0.05) is 6.54 Å². The van der Waals surface area contributed by atoms with Crippen molar-refractivity contribution >= 4 is 6.29 Å². The Morgan fingerprint density at radius 3 is 2.40 bits per heavy atom. The minimum Gasteiger partial charge on any atom is -0.315 e. The molecular formula is C17H18FNO. The highest BCUT2D eigenvalue weighted by molar-refractivity contribution is 5.62. The summed E-state index contributed by atoms with van der Waals surface area (Å²) in [6.07, 6.45) is 1.83. The van der Waals surface area contributed by atoms with Crippen molar-refractivity contribution < 1.29 is 9.18 Å². The summed E-state index contributed by atoms with van der Waals surface area (Å²) in [6.45, 7) is 1.39. The molecule has 0 aliphatic rings. The first-order valence-electron chi connectivity index (χ1n) is 6.75. The molecule has 0 spiro atoms. The summed E-state index contributed by atoms with van der Waals surface area (Å²) >= 11 is 0. The van der Waals surface area contributed by atoms with Crippen molar-refractivity contribution in [2.45, 2.75) is 12.3 Å². The van der Waals surface area contributed by atoms with Gasteiger partial charge in [0.05, 0.1) is 5.92 Å². The van der Waals surface area contributed by atoms with Crippen molar-refractivity contribution in [3.8, 4) is 0 Å². The van der Waals surface area contributed by atoms with Crippen molar-refractivity contribution in [3.63, 3.8) is 0 Å². The topological polar surface area (TPSA) is 29.1 Å². The fraction of sp³-hybridized carbons (Fsp3) is 0.235. The first-order valence-corrected chi connectivity index (χ1v) is 6.75. The first-order chi connectivity index (χ1) is 9.79. The van der Waals surface area contributed by atoms with Crippen LogP contribution in [0.25, 0.3) is 0 Å². The Kier molecular flexibility index (Phi) is 5.44. The van der Waals surface area contributed by atoms with Crippen molar-refractivity contribution in [2.75, 3.05) is 13.1 Å². The van der Waals surface area contributed by atoms with Gasteiger partial charge in [0.15, 0.2) is 0 Å². The average Bonchev–Trinajstić information content (AvgIpc) is 2.50. The number of benzene rings is 2. The minimum absolute atomic E-state index is 0.230. The fourth-order valence-corrected chi connectivity index (χ4v) is 2.09. The molecule has 104 valence electrons. The van der Waals surface area contributed by atoms with Crippen LogP contribution >= 0.6 is 0 Å². The number of carbonyl (C=O) groups is 1. The lowest BCUT2D eigenvalue weighted by Gasteiger charge is -2.12. The molecule has 0 aliphatic carbocycles. The van der Waals surface area contributed by atoms with Crippen LogP contribution in [0, 0.1) is 5.82 Å². The van der Waals surface area contributed by atoms with Gasteiger partial charge in [-0.05, 0) is 36.2 Å². The molecule has 0 heterocycles. The molecule has 0 saturated carbocycles. The maximum atomic E-state index is 12.8. The van der Waals surface area contributed by atoms with Crippen LogP contribution in [0.5, 0.6) is 0 Å². The van der Waals surface area contributed by atoms with Crippen molar-refractivity contribution in [1.82, 2.24) is 5.32 Å². The second-order valence-electron chi connectivity index (χ2n) is 4.73.